The first-order valence-corrected chi connectivity index (χ1v) is 12.6. The Kier molecular flexibility index (Phi) is 8.53. The second kappa shape index (κ2) is 9.90. The van der Waals surface area contributed by atoms with Crippen molar-refractivity contribution in [3.8, 4) is 0 Å². The topological polar surface area (TPSA) is 89.9 Å². The highest BCUT2D eigenvalue weighted by molar-refractivity contribution is 8.18. The van der Waals surface area contributed by atoms with E-state index >= 15 is 0 Å². The molecule has 3 N–H and O–H groups in total. The van der Waals surface area contributed by atoms with Crippen molar-refractivity contribution in [1.29, 1.82) is 0 Å². The molecule has 0 aliphatic carbocycles. The van der Waals surface area contributed by atoms with E-state index in [1.54, 1.807) is 0 Å². The zero-order valence-corrected chi connectivity index (χ0v) is 20.2. The Hall–Kier alpha value is -0.280. The maximum atomic E-state index is 13.1. The molecule has 2 fully saturated rings. The molecule has 5 atom stereocenters. The third-order valence-electron chi connectivity index (χ3n) is 6.25. The standard InChI is InChI=1S/C21H38N2O4S2/c1-7-9-15(17(25)14(3)24)22-18(26)16-12-21(28-10-8-11-29-21)23(16)19(27)13(2)20(4,5)6/h13,15-17,19,25,27H,7-12H2,1-6H3,(H,22,26). The number of nitrogens with zero attached hydrogens (tertiary/aromatic N) is 1. The average molecular weight is 447 g/mol. The predicted octanol–water partition coefficient (Wildman–Crippen LogP) is 2.82. The van der Waals surface area contributed by atoms with Gasteiger partial charge in [-0.15, -0.1) is 23.5 Å². The SMILES string of the molecule is CCCC(NC(=O)C1CC2(SCCCS2)N1C(O)C(C)C(C)(C)C)C(O)C(C)=O. The summed E-state index contributed by atoms with van der Waals surface area (Å²) in [4.78, 5) is 26.8. The lowest BCUT2D eigenvalue weighted by atomic mass is 9.79. The van der Waals surface area contributed by atoms with E-state index in [1.807, 2.05) is 42.3 Å². The van der Waals surface area contributed by atoms with Gasteiger partial charge < -0.3 is 15.5 Å². The summed E-state index contributed by atoms with van der Waals surface area (Å²) in [5.41, 5.74) is -0.100. The van der Waals surface area contributed by atoms with Crippen LogP contribution in [0.5, 0.6) is 0 Å². The lowest BCUT2D eigenvalue weighted by Gasteiger charge is -2.60. The minimum atomic E-state index is -1.20. The highest BCUT2D eigenvalue weighted by Crippen LogP contribution is 2.57. The van der Waals surface area contributed by atoms with Gasteiger partial charge in [-0.05, 0) is 36.7 Å². The molecule has 0 aromatic carbocycles. The van der Waals surface area contributed by atoms with Gasteiger partial charge in [0.25, 0.3) is 0 Å². The number of carbonyl (C=O) groups excluding carboxylic acids is 2. The molecule has 5 unspecified atom stereocenters. The molecule has 0 bridgehead atoms. The van der Waals surface area contributed by atoms with Gasteiger partial charge in [0.1, 0.15) is 16.5 Å². The molecule has 29 heavy (non-hydrogen) atoms. The average Bonchev–Trinajstić information content (AvgIpc) is 2.64. The fraction of sp³-hybridized carbons (Fsp3) is 0.905. The van der Waals surface area contributed by atoms with E-state index in [0.29, 0.717) is 12.8 Å². The first-order valence-electron chi connectivity index (χ1n) is 10.7. The van der Waals surface area contributed by atoms with Crippen LogP contribution in [0, 0.1) is 11.3 Å². The van der Waals surface area contributed by atoms with Gasteiger partial charge in [0, 0.05) is 12.3 Å². The van der Waals surface area contributed by atoms with Crippen LogP contribution in [0.1, 0.15) is 67.2 Å². The van der Waals surface area contributed by atoms with Crippen molar-refractivity contribution in [2.24, 2.45) is 11.3 Å². The maximum Gasteiger partial charge on any atom is 0.237 e. The fourth-order valence-corrected chi connectivity index (χ4v) is 7.43. The molecule has 2 saturated heterocycles. The van der Waals surface area contributed by atoms with Crippen LogP contribution in [0.15, 0.2) is 0 Å². The van der Waals surface area contributed by atoms with Gasteiger partial charge in [-0.1, -0.05) is 41.0 Å². The molecular formula is C21H38N2O4S2. The van der Waals surface area contributed by atoms with Gasteiger partial charge in [0.15, 0.2) is 5.78 Å². The van der Waals surface area contributed by atoms with E-state index in [9.17, 15) is 19.8 Å². The molecule has 1 spiro atoms. The van der Waals surface area contributed by atoms with Gasteiger partial charge >= 0.3 is 0 Å². The largest absolute Gasteiger partial charge is 0.383 e. The number of thioether (sulfide) groups is 2. The first-order chi connectivity index (χ1) is 13.4. The number of carbonyl (C=O) groups is 2. The summed E-state index contributed by atoms with van der Waals surface area (Å²) in [6.07, 6.45) is 1.16. The number of hydrogen-bond acceptors (Lipinski definition) is 7. The van der Waals surface area contributed by atoms with Crippen molar-refractivity contribution < 1.29 is 19.8 Å². The molecule has 8 heteroatoms. The zero-order valence-electron chi connectivity index (χ0n) is 18.6. The van der Waals surface area contributed by atoms with Gasteiger partial charge in [-0.2, -0.15) is 0 Å². The van der Waals surface area contributed by atoms with Crippen molar-refractivity contribution in [2.45, 2.75) is 95.8 Å². The molecule has 0 aromatic rings. The summed E-state index contributed by atoms with van der Waals surface area (Å²) >= 11 is 3.65. The second-order valence-electron chi connectivity index (χ2n) is 9.42. The molecule has 0 saturated carbocycles. The van der Waals surface area contributed by atoms with Gasteiger partial charge in [-0.3, -0.25) is 9.59 Å². The number of hydrogen-bond donors (Lipinski definition) is 3. The third-order valence-corrected chi connectivity index (χ3v) is 9.60. The molecule has 0 aromatic heterocycles. The molecule has 0 radical (unpaired) electrons. The van der Waals surface area contributed by atoms with Gasteiger partial charge in [0.2, 0.25) is 5.91 Å². The summed E-state index contributed by atoms with van der Waals surface area (Å²) in [6, 6.07) is -1.04. The van der Waals surface area contributed by atoms with Crippen molar-refractivity contribution in [3.63, 3.8) is 0 Å². The van der Waals surface area contributed by atoms with Gasteiger partial charge in [-0.25, -0.2) is 4.90 Å². The second-order valence-corrected chi connectivity index (χ2v) is 12.4. The minimum absolute atomic E-state index is 0.0210. The Morgan fingerprint density at radius 3 is 2.31 bits per heavy atom. The maximum absolute atomic E-state index is 13.1. The number of aliphatic hydroxyl groups excluding tert-OH is 2. The Bertz CT molecular complexity index is 590. The van der Waals surface area contributed by atoms with Crippen molar-refractivity contribution in [3.05, 3.63) is 0 Å². The van der Waals surface area contributed by atoms with E-state index < -0.39 is 24.4 Å². The van der Waals surface area contributed by atoms with Crippen LogP contribution in [0.2, 0.25) is 0 Å². The summed E-state index contributed by atoms with van der Waals surface area (Å²) < 4.78 is -0.265. The van der Waals surface area contributed by atoms with Crippen molar-refractivity contribution in [1.82, 2.24) is 10.2 Å². The summed E-state index contributed by atoms with van der Waals surface area (Å²) in [5, 5.41) is 24.4. The molecule has 6 nitrogen and oxygen atoms in total. The van der Waals surface area contributed by atoms with Crippen LogP contribution in [0.25, 0.3) is 0 Å². The van der Waals surface area contributed by atoms with Crippen LogP contribution in [0.3, 0.4) is 0 Å². The molecule has 2 aliphatic heterocycles. The van der Waals surface area contributed by atoms with E-state index in [0.717, 1.165) is 24.3 Å². The number of likely N-dealkylation sites (tertiary alicyclic amines) is 1. The highest BCUT2D eigenvalue weighted by atomic mass is 32.2. The Morgan fingerprint density at radius 1 is 1.24 bits per heavy atom. The van der Waals surface area contributed by atoms with Gasteiger partial charge in [0.05, 0.1) is 12.1 Å². The van der Waals surface area contributed by atoms with Crippen molar-refractivity contribution >= 4 is 35.2 Å². The number of rotatable bonds is 8. The molecule has 168 valence electrons. The normalized spacial score (nSPS) is 26.3. The summed E-state index contributed by atoms with van der Waals surface area (Å²) in [7, 11) is 0. The quantitative estimate of drug-likeness (QED) is 0.528. The number of aliphatic hydroxyl groups is 2. The van der Waals surface area contributed by atoms with E-state index in [1.165, 1.54) is 6.92 Å². The summed E-state index contributed by atoms with van der Waals surface area (Å²) in [6.45, 7) is 11.6. The lowest BCUT2D eigenvalue weighted by Crippen LogP contribution is -2.72. The molecule has 2 rings (SSSR count). The third kappa shape index (κ3) is 5.50. The Morgan fingerprint density at radius 2 is 1.83 bits per heavy atom. The predicted molar refractivity (Wildman–Crippen MR) is 121 cm³/mol. The zero-order chi connectivity index (χ0) is 22.0. The highest BCUT2D eigenvalue weighted by Gasteiger charge is 2.60. The van der Waals surface area contributed by atoms with E-state index in [-0.39, 0.29) is 27.2 Å². The minimum Gasteiger partial charge on any atom is -0.383 e. The van der Waals surface area contributed by atoms with Crippen LogP contribution < -0.4 is 5.32 Å². The van der Waals surface area contributed by atoms with Crippen LogP contribution in [0.4, 0.5) is 0 Å². The van der Waals surface area contributed by atoms with Crippen molar-refractivity contribution in [2.75, 3.05) is 11.5 Å². The molecule has 1 amide bonds. The fourth-order valence-electron chi connectivity index (χ4n) is 3.88. The molecular weight excluding hydrogens is 408 g/mol. The Labute approximate surface area is 183 Å². The van der Waals surface area contributed by atoms with Crippen LogP contribution in [-0.4, -0.2) is 66.9 Å². The van der Waals surface area contributed by atoms with E-state index in [4.69, 9.17) is 0 Å². The molecule has 2 aliphatic rings. The monoisotopic (exact) mass is 446 g/mol. The number of Topliss-reactive ketones (excluding diaryl/α,β-unsaturated/α-hetero) is 1. The van der Waals surface area contributed by atoms with Crippen LogP contribution in [-0.2, 0) is 9.59 Å². The first kappa shape index (κ1) is 25.0. The number of ketones is 1. The Balaban J connectivity index is 2.21. The number of nitrogens with one attached hydrogen (secondary N) is 1. The van der Waals surface area contributed by atoms with E-state index in [2.05, 4.69) is 26.1 Å². The van der Waals surface area contributed by atoms with Crippen LogP contribution >= 0.6 is 23.5 Å². The smallest absolute Gasteiger partial charge is 0.237 e. The molecule has 2 heterocycles. The summed E-state index contributed by atoms with van der Waals surface area (Å²) in [5.74, 6) is 1.48. The number of amides is 1. The lowest BCUT2D eigenvalue weighted by molar-refractivity contribution is -0.164.